The van der Waals surface area contributed by atoms with E-state index in [0.29, 0.717) is 29.5 Å². The van der Waals surface area contributed by atoms with Gasteiger partial charge in [-0.05, 0) is 31.0 Å². The molecule has 1 saturated heterocycles. The summed E-state index contributed by atoms with van der Waals surface area (Å²) in [6, 6.07) is 3.32. The van der Waals surface area contributed by atoms with Crippen LogP contribution in [0.25, 0.3) is 10.1 Å². The van der Waals surface area contributed by atoms with Gasteiger partial charge < -0.3 is 10.0 Å². The average molecular weight is 328 g/mol. The zero-order chi connectivity index (χ0) is 15.1. The second-order valence-electron chi connectivity index (χ2n) is 4.88. The number of benzene rings is 1. The molecular formula is C14H11ClFNO3S. The molecule has 1 amide bonds. The SMILES string of the molecule is O=C(O)C1CCCN1C(=O)c1sc2cc(F)ccc2c1Cl. The molecule has 2 heterocycles. The molecule has 1 unspecified atom stereocenters. The number of hydrogen-bond acceptors (Lipinski definition) is 3. The fourth-order valence-corrected chi connectivity index (χ4v) is 4.07. The molecule has 2 aromatic rings. The van der Waals surface area contributed by atoms with Crippen LogP contribution in [0.4, 0.5) is 4.39 Å². The van der Waals surface area contributed by atoms with Crippen molar-refractivity contribution >= 4 is 44.9 Å². The first-order valence-electron chi connectivity index (χ1n) is 6.40. The third-order valence-electron chi connectivity index (χ3n) is 3.58. The minimum atomic E-state index is -1.01. The molecule has 1 aliphatic heterocycles. The minimum absolute atomic E-state index is 0.260. The number of carboxylic acids is 1. The summed E-state index contributed by atoms with van der Waals surface area (Å²) in [5.74, 6) is -1.81. The third kappa shape index (κ3) is 2.38. The summed E-state index contributed by atoms with van der Waals surface area (Å²) in [5, 5.41) is 10.0. The molecule has 21 heavy (non-hydrogen) atoms. The average Bonchev–Trinajstić information content (AvgIpc) is 3.03. The Kier molecular flexibility index (Phi) is 3.59. The molecule has 0 bridgehead atoms. The molecular weight excluding hydrogens is 317 g/mol. The van der Waals surface area contributed by atoms with Crippen LogP contribution < -0.4 is 0 Å². The van der Waals surface area contributed by atoms with E-state index in [1.165, 1.54) is 23.1 Å². The molecule has 0 saturated carbocycles. The van der Waals surface area contributed by atoms with Gasteiger partial charge in [-0.1, -0.05) is 11.6 Å². The van der Waals surface area contributed by atoms with Crippen LogP contribution in [0.5, 0.6) is 0 Å². The van der Waals surface area contributed by atoms with E-state index >= 15 is 0 Å². The summed E-state index contributed by atoms with van der Waals surface area (Å²) in [4.78, 5) is 25.3. The van der Waals surface area contributed by atoms with Crippen molar-refractivity contribution in [3.05, 3.63) is 33.9 Å². The van der Waals surface area contributed by atoms with Crippen LogP contribution in [-0.4, -0.2) is 34.5 Å². The Morgan fingerprint density at radius 2 is 2.19 bits per heavy atom. The van der Waals surface area contributed by atoms with Gasteiger partial charge in [-0.25, -0.2) is 9.18 Å². The Labute approximate surface area is 128 Å². The van der Waals surface area contributed by atoms with E-state index in [-0.39, 0.29) is 9.90 Å². The van der Waals surface area contributed by atoms with Crippen molar-refractivity contribution in [2.45, 2.75) is 18.9 Å². The lowest BCUT2D eigenvalue weighted by Crippen LogP contribution is -2.40. The number of rotatable bonds is 2. The van der Waals surface area contributed by atoms with Gasteiger partial charge in [0.2, 0.25) is 0 Å². The van der Waals surface area contributed by atoms with E-state index in [1.807, 2.05) is 0 Å². The van der Waals surface area contributed by atoms with Gasteiger partial charge in [-0.15, -0.1) is 11.3 Å². The zero-order valence-electron chi connectivity index (χ0n) is 10.8. The van der Waals surface area contributed by atoms with Crippen molar-refractivity contribution in [2.75, 3.05) is 6.54 Å². The maximum absolute atomic E-state index is 13.2. The highest BCUT2D eigenvalue weighted by Gasteiger charge is 2.36. The normalized spacial score (nSPS) is 18.4. The molecule has 1 aromatic carbocycles. The minimum Gasteiger partial charge on any atom is -0.480 e. The molecule has 1 fully saturated rings. The lowest BCUT2D eigenvalue weighted by molar-refractivity contribution is -0.141. The maximum Gasteiger partial charge on any atom is 0.326 e. The van der Waals surface area contributed by atoms with Crippen molar-refractivity contribution in [3.63, 3.8) is 0 Å². The number of likely N-dealkylation sites (tertiary alicyclic amines) is 1. The zero-order valence-corrected chi connectivity index (χ0v) is 12.4. The number of thiophene rings is 1. The van der Waals surface area contributed by atoms with Crippen molar-refractivity contribution in [2.24, 2.45) is 0 Å². The second-order valence-corrected chi connectivity index (χ2v) is 6.31. The fourth-order valence-electron chi connectivity index (χ4n) is 2.57. The van der Waals surface area contributed by atoms with Gasteiger partial charge in [0.05, 0.1) is 5.02 Å². The summed E-state index contributed by atoms with van der Waals surface area (Å²) >= 11 is 7.29. The van der Waals surface area contributed by atoms with Gasteiger partial charge in [-0.3, -0.25) is 4.79 Å². The first kappa shape index (κ1) is 14.3. The monoisotopic (exact) mass is 327 g/mol. The van der Waals surface area contributed by atoms with E-state index in [2.05, 4.69) is 0 Å². The van der Waals surface area contributed by atoms with E-state index < -0.39 is 23.7 Å². The first-order valence-corrected chi connectivity index (χ1v) is 7.60. The Balaban J connectivity index is 2.02. The van der Waals surface area contributed by atoms with Gasteiger partial charge in [0.25, 0.3) is 5.91 Å². The number of amides is 1. The molecule has 1 N–H and O–H groups in total. The van der Waals surface area contributed by atoms with Crippen LogP contribution in [0.3, 0.4) is 0 Å². The van der Waals surface area contributed by atoms with E-state index in [1.54, 1.807) is 0 Å². The van der Waals surface area contributed by atoms with Crippen molar-refractivity contribution < 1.29 is 19.1 Å². The Hall–Kier alpha value is -1.66. The lowest BCUT2D eigenvalue weighted by atomic mass is 10.2. The lowest BCUT2D eigenvalue weighted by Gasteiger charge is -2.20. The van der Waals surface area contributed by atoms with E-state index in [9.17, 15) is 14.0 Å². The number of halogens is 2. The molecule has 7 heteroatoms. The highest BCUT2D eigenvalue weighted by Crippen LogP contribution is 2.37. The molecule has 4 nitrogen and oxygen atoms in total. The predicted molar refractivity (Wildman–Crippen MR) is 78.5 cm³/mol. The van der Waals surface area contributed by atoms with Gasteiger partial charge in [-0.2, -0.15) is 0 Å². The highest BCUT2D eigenvalue weighted by atomic mass is 35.5. The predicted octanol–water partition coefficient (Wildman–Crippen LogP) is 3.38. The summed E-state index contributed by atoms with van der Waals surface area (Å²) in [5.41, 5.74) is 0. The molecule has 1 aliphatic rings. The van der Waals surface area contributed by atoms with E-state index in [0.717, 1.165) is 11.3 Å². The quantitative estimate of drug-likeness (QED) is 0.920. The van der Waals surface area contributed by atoms with Crippen LogP contribution in [0, 0.1) is 5.82 Å². The summed E-state index contributed by atoms with van der Waals surface area (Å²) < 4.78 is 13.8. The van der Waals surface area contributed by atoms with Crippen molar-refractivity contribution in [3.8, 4) is 0 Å². The highest BCUT2D eigenvalue weighted by molar-refractivity contribution is 7.21. The molecule has 0 spiro atoms. The molecule has 1 aromatic heterocycles. The van der Waals surface area contributed by atoms with Gasteiger partial charge in [0, 0.05) is 16.6 Å². The van der Waals surface area contributed by atoms with Crippen LogP contribution in [0.1, 0.15) is 22.5 Å². The second kappa shape index (κ2) is 5.27. The van der Waals surface area contributed by atoms with Gasteiger partial charge in [0.1, 0.15) is 16.7 Å². The van der Waals surface area contributed by atoms with Crippen molar-refractivity contribution in [1.29, 1.82) is 0 Å². The van der Waals surface area contributed by atoms with E-state index in [4.69, 9.17) is 16.7 Å². The van der Waals surface area contributed by atoms with Crippen LogP contribution in [-0.2, 0) is 4.79 Å². The molecule has 0 radical (unpaired) electrons. The van der Waals surface area contributed by atoms with Crippen LogP contribution in [0.15, 0.2) is 18.2 Å². The first-order chi connectivity index (χ1) is 9.99. The summed E-state index contributed by atoms with van der Waals surface area (Å²) in [7, 11) is 0. The number of carbonyl (C=O) groups is 2. The molecule has 1 atom stereocenters. The van der Waals surface area contributed by atoms with Crippen molar-refractivity contribution in [1.82, 2.24) is 4.90 Å². The maximum atomic E-state index is 13.2. The smallest absolute Gasteiger partial charge is 0.326 e. The molecule has 3 rings (SSSR count). The molecule has 110 valence electrons. The Bertz CT molecular complexity index is 745. The summed E-state index contributed by atoms with van der Waals surface area (Å²) in [6.45, 7) is 0.398. The number of nitrogens with zero attached hydrogens (tertiary/aromatic N) is 1. The number of hydrogen-bond donors (Lipinski definition) is 1. The van der Waals surface area contributed by atoms with Crippen LogP contribution >= 0.6 is 22.9 Å². The number of fused-ring (bicyclic) bond motifs is 1. The summed E-state index contributed by atoms with van der Waals surface area (Å²) in [6.07, 6.45) is 1.10. The third-order valence-corrected chi connectivity index (χ3v) is 5.23. The topological polar surface area (TPSA) is 57.6 Å². The standard InChI is InChI=1S/C14H11ClFNO3S/c15-11-8-4-3-7(16)6-10(8)21-12(11)13(18)17-5-1-2-9(17)14(19)20/h3-4,6,9H,1-2,5H2,(H,19,20). The van der Waals surface area contributed by atoms with Gasteiger partial charge >= 0.3 is 5.97 Å². The Morgan fingerprint density at radius 3 is 2.90 bits per heavy atom. The molecule has 0 aliphatic carbocycles. The van der Waals surface area contributed by atoms with Crippen LogP contribution in [0.2, 0.25) is 5.02 Å². The van der Waals surface area contributed by atoms with Gasteiger partial charge in [0.15, 0.2) is 0 Å². The number of carboxylic acid groups (broad SMARTS) is 1. The largest absolute Gasteiger partial charge is 0.480 e. The number of carbonyl (C=O) groups excluding carboxylic acids is 1. The Morgan fingerprint density at radius 1 is 1.43 bits per heavy atom. The fraction of sp³-hybridized carbons (Fsp3) is 0.286. The number of aliphatic carboxylic acids is 1.